The molecule has 0 aromatic carbocycles. The number of amides is 2. The Morgan fingerprint density at radius 1 is 1.25 bits per heavy atom. The van der Waals surface area contributed by atoms with Gasteiger partial charge in [0.15, 0.2) is 0 Å². The predicted molar refractivity (Wildman–Crippen MR) is 79.0 cm³/mol. The van der Waals surface area contributed by atoms with Gasteiger partial charge in [-0.25, -0.2) is 0 Å². The Morgan fingerprint density at radius 2 is 1.80 bits per heavy atom. The first-order chi connectivity index (χ1) is 9.15. The zero-order chi connectivity index (χ0) is 15.2. The lowest BCUT2D eigenvalue weighted by atomic mass is 9.93. The van der Waals surface area contributed by atoms with Gasteiger partial charge in [-0.1, -0.05) is 41.5 Å². The molecule has 2 fully saturated rings. The van der Waals surface area contributed by atoms with Crippen LogP contribution in [0.5, 0.6) is 0 Å². The standard InChI is InChI=1S/C16H28N2O2/c1-9(2)7-11-15(20)18(12-8-16(12,5)6)13(10(3)4)14(19)17-11/h9-13H,7-8H2,1-6H3,(H,17,19). The number of carbonyl (C=O) groups excluding carboxylic acids is 2. The van der Waals surface area contributed by atoms with Gasteiger partial charge in [-0.2, -0.15) is 0 Å². The summed E-state index contributed by atoms with van der Waals surface area (Å²) in [6.07, 6.45) is 1.72. The molecule has 1 saturated heterocycles. The summed E-state index contributed by atoms with van der Waals surface area (Å²) in [7, 11) is 0. The van der Waals surface area contributed by atoms with Crippen LogP contribution in [0.4, 0.5) is 0 Å². The summed E-state index contributed by atoms with van der Waals surface area (Å²) < 4.78 is 0. The zero-order valence-electron chi connectivity index (χ0n) is 13.6. The van der Waals surface area contributed by atoms with Crippen molar-refractivity contribution < 1.29 is 9.59 Å². The number of carbonyl (C=O) groups is 2. The van der Waals surface area contributed by atoms with Crippen LogP contribution in [0.15, 0.2) is 0 Å². The highest BCUT2D eigenvalue weighted by molar-refractivity contribution is 5.97. The lowest BCUT2D eigenvalue weighted by Gasteiger charge is -2.42. The molecule has 4 heteroatoms. The van der Waals surface area contributed by atoms with Crippen molar-refractivity contribution in [3.8, 4) is 0 Å². The molecule has 2 aliphatic rings. The number of nitrogens with one attached hydrogen (secondary N) is 1. The number of rotatable bonds is 4. The molecular weight excluding hydrogens is 252 g/mol. The van der Waals surface area contributed by atoms with Gasteiger partial charge >= 0.3 is 0 Å². The van der Waals surface area contributed by atoms with E-state index in [9.17, 15) is 9.59 Å². The summed E-state index contributed by atoms with van der Waals surface area (Å²) >= 11 is 0. The van der Waals surface area contributed by atoms with Crippen LogP contribution in [0.3, 0.4) is 0 Å². The maximum absolute atomic E-state index is 12.8. The average molecular weight is 280 g/mol. The summed E-state index contributed by atoms with van der Waals surface area (Å²) in [5.74, 6) is 0.685. The monoisotopic (exact) mass is 280 g/mol. The maximum atomic E-state index is 12.8. The number of piperazine rings is 1. The Hall–Kier alpha value is -1.06. The Labute approximate surface area is 122 Å². The fourth-order valence-corrected chi connectivity index (χ4v) is 3.28. The Kier molecular flexibility index (Phi) is 3.87. The molecule has 20 heavy (non-hydrogen) atoms. The van der Waals surface area contributed by atoms with Crippen LogP contribution in [-0.2, 0) is 9.59 Å². The normalized spacial score (nSPS) is 32.8. The van der Waals surface area contributed by atoms with Crippen molar-refractivity contribution in [3.63, 3.8) is 0 Å². The van der Waals surface area contributed by atoms with E-state index in [-0.39, 0.29) is 41.3 Å². The van der Waals surface area contributed by atoms with E-state index in [4.69, 9.17) is 0 Å². The molecule has 1 saturated carbocycles. The number of hydrogen-bond donors (Lipinski definition) is 1. The van der Waals surface area contributed by atoms with E-state index in [0.717, 1.165) is 12.8 Å². The molecule has 3 atom stereocenters. The minimum atomic E-state index is -0.339. The summed E-state index contributed by atoms with van der Waals surface area (Å²) in [4.78, 5) is 27.1. The third-order valence-corrected chi connectivity index (χ3v) is 4.57. The van der Waals surface area contributed by atoms with Crippen LogP contribution in [0.1, 0.15) is 54.4 Å². The van der Waals surface area contributed by atoms with Gasteiger partial charge in [0.2, 0.25) is 11.8 Å². The molecule has 1 N–H and O–H groups in total. The first-order valence-electron chi connectivity index (χ1n) is 7.77. The van der Waals surface area contributed by atoms with Crippen molar-refractivity contribution in [1.29, 1.82) is 0 Å². The summed E-state index contributed by atoms with van der Waals surface area (Å²) in [5.41, 5.74) is 0.156. The third kappa shape index (κ3) is 2.70. The fourth-order valence-electron chi connectivity index (χ4n) is 3.28. The van der Waals surface area contributed by atoms with E-state index >= 15 is 0 Å². The molecule has 4 nitrogen and oxygen atoms in total. The van der Waals surface area contributed by atoms with E-state index in [2.05, 4.69) is 33.0 Å². The minimum Gasteiger partial charge on any atom is -0.342 e. The first-order valence-corrected chi connectivity index (χ1v) is 7.77. The molecule has 3 unspecified atom stereocenters. The summed E-state index contributed by atoms with van der Waals surface area (Å²) in [6, 6.07) is -0.422. The van der Waals surface area contributed by atoms with Crippen LogP contribution in [-0.4, -0.2) is 34.8 Å². The van der Waals surface area contributed by atoms with Crippen LogP contribution < -0.4 is 5.32 Å². The number of nitrogens with zero attached hydrogens (tertiary/aromatic N) is 1. The van der Waals surface area contributed by atoms with Gasteiger partial charge in [0.1, 0.15) is 12.1 Å². The van der Waals surface area contributed by atoms with Crippen molar-refractivity contribution >= 4 is 11.8 Å². The van der Waals surface area contributed by atoms with Crippen molar-refractivity contribution in [2.75, 3.05) is 0 Å². The average Bonchev–Trinajstić information content (AvgIpc) is 2.90. The molecular formula is C16H28N2O2. The topological polar surface area (TPSA) is 49.4 Å². The smallest absolute Gasteiger partial charge is 0.246 e. The molecule has 114 valence electrons. The summed E-state index contributed by atoms with van der Waals surface area (Å²) in [6.45, 7) is 12.5. The number of hydrogen-bond acceptors (Lipinski definition) is 2. The third-order valence-electron chi connectivity index (χ3n) is 4.57. The minimum absolute atomic E-state index is 0.0212. The van der Waals surface area contributed by atoms with Gasteiger partial charge < -0.3 is 10.2 Å². The molecule has 1 aliphatic heterocycles. The van der Waals surface area contributed by atoms with Crippen molar-refractivity contribution in [2.45, 2.75) is 72.5 Å². The zero-order valence-corrected chi connectivity index (χ0v) is 13.6. The van der Waals surface area contributed by atoms with Gasteiger partial charge in [0.25, 0.3) is 0 Å². The van der Waals surface area contributed by atoms with Crippen LogP contribution in [0.2, 0.25) is 0 Å². The lowest BCUT2D eigenvalue weighted by Crippen LogP contribution is -2.66. The molecule has 1 aliphatic carbocycles. The molecule has 0 aromatic rings. The largest absolute Gasteiger partial charge is 0.342 e. The Balaban J connectivity index is 2.25. The van der Waals surface area contributed by atoms with E-state index in [1.165, 1.54) is 0 Å². The van der Waals surface area contributed by atoms with Crippen molar-refractivity contribution in [1.82, 2.24) is 10.2 Å². The summed E-state index contributed by atoms with van der Waals surface area (Å²) in [5, 5.41) is 2.94. The highest BCUT2D eigenvalue weighted by Crippen LogP contribution is 2.50. The molecule has 2 amide bonds. The van der Waals surface area contributed by atoms with Crippen molar-refractivity contribution in [3.05, 3.63) is 0 Å². The predicted octanol–water partition coefficient (Wildman–Crippen LogP) is 2.18. The molecule has 1 heterocycles. The molecule has 0 spiro atoms. The second-order valence-electron chi connectivity index (χ2n) is 7.83. The van der Waals surface area contributed by atoms with E-state index in [1.54, 1.807) is 0 Å². The quantitative estimate of drug-likeness (QED) is 0.858. The van der Waals surface area contributed by atoms with Gasteiger partial charge in [-0.05, 0) is 30.1 Å². The van der Waals surface area contributed by atoms with Crippen molar-refractivity contribution in [2.24, 2.45) is 17.3 Å². The second kappa shape index (κ2) is 5.05. The first kappa shape index (κ1) is 15.3. The van der Waals surface area contributed by atoms with Gasteiger partial charge in [-0.3, -0.25) is 9.59 Å². The van der Waals surface area contributed by atoms with Gasteiger partial charge in [-0.15, -0.1) is 0 Å². The van der Waals surface area contributed by atoms with Crippen LogP contribution in [0, 0.1) is 17.3 Å². The SMILES string of the molecule is CC(C)CC1NC(=O)C(C(C)C)N(C2CC2(C)C)C1=O. The Morgan fingerprint density at radius 3 is 2.20 bits per heavy atom. The lowest BCUT2D eigenvalue weighted by molar-refractivity contribution is -0.153. The van der Waals surface area contributed by atoms with E-state index < -0.39 is 0 Å². The second-order valence-corrected chi connectivity index (χ2v) is 7.83. The maximum Gasteiger partial charge on any atom is 0.246 e. The molecule has 0 bridgehead atoms. The fraction of sp³-hybridized carbons (Fsp3) is 0.875. The van der Waals surface area contributed by atoms with E-state index in [0.29, 0.717) is 5.92 Å². The molecule has 0 radical (unpaired) electrons. The Bertz CT molecular complexity index is 415. The molecule has 0 aromatic heterocycles. The highest BCUT2D eigenvalue weighted by Gasteiger charge is 2.56. The van der Waals surface area contributed by atoms with Gasteiger partial charge in [0, 0.05) is 6.04 Å². The van der Waals surface area contributed by atoms with Crippen LogP contribution >= 0.6 is 0 Å². The highest BCUT2D eigenvalue weighted by atomic mass is 16.2. The van der Waals surface area contributed by atoms with E-state index in [1.807, 2.05) is 18.7 Å². The van der Waals surface area contributed by atoms with Crippen LogP contribution in [0.25, 0.3) is 0 Å². The molecule has 2 rings (SSSR count). The van der Waals surface area contributed by atoms with Gasteiger partial charge in [0.05, 0.1) is 0 Å².